The lowest BCUT2D eigenvalue weighted by Gasteiger charge is -2.08. The van der Waals surface area contributed by atoms with Crippen molar-refractivity contribution in [3.05, 3.63) is 66.4 Å². The maximum Gasteiger partial charge on any atom is 0.130 e. The van der Waals surface area contributed by atoms with Crippen LogP contribution in [0.15, 0.2) is 60.7 Å². The predicted molar refractivity (Wildman–Crippen MR) is 86.7 cm³/mol. The molecule has 0 unspecified atom stereocenters. The number of benzene rings is 2. The Morgan fingerprint density at radius 2 is 1.81 bits per heavy atom. The Bertz CT molecular complexity index is 740. The lowest BCUT2D eigenvalue weighted by Crippen LogP contribution is -2.03. The first-order valence-electron chi connectivity index (χ1n) is 7.16. The molecule has 3 aromatic rings. The number of pyridine rings is 1. The molecule has 0 radical (unpaired) electrons. The van der Waals surface area contributed by atoms with Crippen LogP contribution in [-0.2, 0) is 6.61 Å². The summed E-state index contributed by atoms with van der Waals surface area (Å²) in [6.45, 7) is 3.39. The van der Waals surface area contributed by atoms with E-state index < -0.39 is 0 Å². The molecule has 0 fully saturated rings. The van der Waals surface area contributed by atoms with Gasteiger partial charge in [0, 0.05) is 6.54 Å². The zero-order chi connectivity index (χ0) is 14.5. The monoisotopic (exact) mass is 278 g/mol. The van der Waals surface area contributed by atoms with Crippen molar-refractivity contribution >= 4 is 16.6 Å². The van der Waals surface area contributed by atoms with Crippen LogP contribution in [0, 0.1) is 0 Å². The van der Waals surface area contributed by atoms with Crippen LogP contribution in [0.2, 0.25) is 0 Å². The maximum absolute atomic E-state index is 5.84. The Morgan fingerprint density at radius 1 is 0.952 bits per heavy atom. The Labute approximate surface area is 124 Å². The highest BCUT2D eigenvalue weighted by atomic mass is 16.5. The van der Waals surface area contributed by atoms with Crippen LogP contribution in [0.4, 0.5) is 5.82 Å². The lowest BCUT2D eigenvalue weighted by atomic mass is 10.1. The van der Waals surface area contributed by atoms with E-state index in [4.69, 9.17) is 4.74 Å². The van der Waals surface area contributed by atoms with Crippen molar-refractivity contribution in [3.8, 4) is 5.75 Å². The number of aromatic nitrogens is 1. The molecule has 0 aliphatic rings. The highest BCUT2D eigenvalue weighted by Gasteiger charge is 2.00. The van der Waals surface area contributed by atoms with Gasteiger partial charge in [-0.05, 0) is 42.0 Å². The Kier molecular flexibility index (Phi) is 4.01. The molecule has 0 saturated heterocycles. The van der Waals surface area contributed by atoms with Crippen molar-refractivity contribution in [2.24, 2.45) is 0 Å². The maximum atomic E-state index is 5.84. The van der Waals surface area contributed by atoms with E-state index in [-0.39, 0.29) is 0 Å². The fraction of sp³-hybridized carbons (Fsp3) is 0.167. The molecule has 0 amide bonds. The SMILES string of the molecule is CCNc1cccc(COc2ccc3ccccc3c2)n1. The van der Waals surface area contributed by atoms with E-state index in [0.29, 0.717) is 6.61 Å². The standard InChI is InChI=1S/C18H18N2O/c1-2-19-18-9-5-8-16(20-18)13-21-17-11-10-14-6-3-4-7-15(14)12-17/h3-12H,2,13H2,1H3,(H,19,20). The molecular weight excluding hydrogens is 260 g/mol. The minimum absolute atomic E-state index is 0.470. The van der Waals surface area contributed by atoms with E-state index in [1.54, 1.807) is 0 Å². The van der Waals surface area contributed by atoms with Gasteiger partial charge < -0.3 is 10.1 Å². The predicted octanol–water partition coefficient (Wildman–Crippen LogP) is 4.25. The molecule has 0 spiro atoms. The molecule has 1 heterocycles. The number of nitrogens with zero attached hydrogens (tertiary/aromatic N) is 1. The number of nitrogens with one attached hydrogen (secondary N) is 1. The van der Waals surface area contributed by atoms with Crippen LogP contribution in [0.25, 0.3) is 10.8 Å². The molecule has 0 bridgehead atoms. The molecule has 3 heteroatoms. The van der Waals surface area contributed by atoms with E-state index in [9.17, 15) is 0 Å². The first kappa shape index (κ1) is 13.4. The van der Waals surface area contributed by atoms with Crippen LogP contribution in [0.3, 0.4) is 0 Å². The van der Waals surface area contributed by atoms with Crippen LogP contribution in [-0.4, -0.2) is 11.5 Å². The quantitative estimate of drug-likeness (QED) is 0.757. The van der Waals surface area contributed by atoms with Gasteiger partial charge in [0.1, 0.15) is 18.2 Å². The molecule has 1 N–H and O–H groups in total. The van der Waals surface area contributed by atoms with Crippen LogP contribution in [0.5, 0.6) is 5.75 Å². The number of ether oxygens (including phenoxy) is 1. The first-order chi connectivity index (χ1) is 10.3. The summed E-state index contributed by atoms with van der Waals surface area (Å²) in [5.74, 6) is 1.75. The van der Waals surface area contributed by atoms with Crippen molar-refractivity contribution < 1.29 is 4.74 Å². The van der Waals surface area contributed by atoms with Gasteiger partial charge in [0.15, 0.2) is 0 Å². The third kappa shape index (κ3) is 3.31. The third-order valence-corrected chi connectivity index (χ3v) is 3.27. The fourth-order valence-corrected chi connectivity index (χ4v) is 2.25. The highest BCUT2D eigenvalue weighted by Crippen LogP contribution is 2.21. The van der Waals surface area contributed by atoms with Gasteiger partial charge in [-0.25, -0.2) is 4.98 Å². The molecular formula is C18H18N2O. The van der Waals surface area contributed by atoms with Gasteiger partial charge in [0.05, 0.1) is 5.69 Å². The van der Waals surface area contributed by atoms with Gasteiger partial charge >= 0.3 is 0 Å². The minimum atomic E-state index is 0.470. The van der Waals surface area contributed by atoms with Crippen molar-refractivity contribution in [1.29, 1.82) is 0 Å². The summed E-state index contributed by atoms with van der Waals surface area (Å²) in [5, 5.41) is 5.61. The van der Waals surface area contributed by atoms with Gasteiger partial charge in [0.25, 0.3) is 0 Å². The van der Waals surface area contributed by atoms with Crippen molar-refractivity contribution in [1.82, 2.24) is 4.98 Å². The zero-order valence-corrected chi connectivity index (χ0v) is 12.0. The van der Waals surface area contributed by atoms with Gasteiger partial charge in [-0.15, -0.1) is 0 Å². The van der Waals surface area contributed by atoms with E-state index >= 15 is 0 Å². The Hall–Kier alpha value is -2.55. The molecule has 1 aromatic heterocycles. The second kappa shape index (κ2) is 6.27. The molecule has 106 valence electrons. The average molecular weight is 278 g/mol. The number of anilines is 1. The van der Waals surface area contributed by atoms with E-state index in [2.05, 4.69) is 41.5 Å². The van der Waals surface area contributed by atoms with Gasteiger partial charge in [-0.2, -0.15) is 0 Å². The molecule has 2 aromatic carbocycles. The third-order valence-electron chi connectivity index (χ3n) is 3.27. The van der Waals surface area contributed by atoms with Crippen molar-refractivity contribution in [2.45, 2.75) is 13.5 Å². The largest absolute Gasteiger partial charge is 0.487 e. The van der Waals surface area contributed by atoms with Crippen LogP contribution >= 0.6 is 0 Å². The summed E-state index contributed by atoms with van der Waals surface area (Å²) >= 11 is 0. The van der Waals surface area contributed by atoms with Crippen LogP contribution < -0.4 is 10.1 Å². The second-order valence-corrected chi connectivity index (χ2v) is 4.84. The number of hydrogen-bond donors (Lipinski definition) is 1. The first-order valence-corrected chi connectivity index (χ1v) is 7.16. The summed E-state index contributed by atoms with van der Waals surface area (Å²) in [6.07, 6.45) is 0. The molecule has 0 atom stereocenters. The van der Waals surface area contributed by atoms with E-state index in [1.165, 1.54) is 10.8 Å². The molecule has 0 aliphatic carbocycles. The zero-order valence-electron chi connectivity index (χ0n) is 12.0. The molecule has 21 heavy (non-hydrogen) atoms. The summed E-state index contributed by atoms with van der Waals surface area (Å²) in [5.41, 5.74) is 0.918. The molecule has 3 rings (SSSR count). The van der Waals surface area contributed by atoms with Gasteiger partial charge in [0.2, 0.25) is 0 Å². The van der Waals surface area contributed by atoms with Crippen LogP contribution in [0.1, 0.15) is 12.6 Å². The summed E-state index contributed by atoms with van der Waals surface area (Å²) in [7, 11) is 0. The minimum Gasteiger partial charge on any atom is -0.487 e. The van der Waals surface area contributed by atoms with E-state index in [0.717, 1.165) is 23.8 Å². The van der Waals surface area contributed by atoms with Crippen molar-refractivity contribution in [2.75, 3.05) is 11.9 Å². The summed E-state index contributed by atoms with van der Waals surface area (Å²) < 4.78 is 5.84. The summed E-state index contributed by atoms with van der Waals surface area (Å²) in [4.78, 5) is 4.50. The molecule has 0 saturated carbocycles. The second-order valence-electron chi connectivity index (χ2n) is 4.84. The Balaban J connectivity index is 1.72. The Morgan fingerprint density at radius 3 is 2.67 bits per heavy atom. The smallest absolute Gasteiger partial charge is 0.130 e. The fourth-order valence-electron chi connectivity index (χ4n) is 2.25. The lowest BCUT2D eigenvalue weighted by molar-refractivity contribution is 0.302. The normalized spacial score (nSPS) is 10.5. The van der Waals surface area contributed by atoms with E-state index in [1.807, 2.05) is 36.4 Å². The molecule has 0 aliphatic heterocycles. The van der Waals surface area contributed by atoms with Gasteiger partial charge in [-0.3, -0.25) is 0 Å². The number of hydrogen-bond acceptors (Lipinski definition) is 3. The van der Waals surface area contributed by atoms with Crippen molar-refractivity contribution in [3.63, 3.8) is 0 Å². The highest BCUT2D eigenvalue weighted by molar-refractivity contribution is 5.83. The summed E-state index contributed by atoms with van der Waals surface area (Å²) in [6, 6.07) is 20.3. The number of fused-ring (bicyclic) bond motifs is 1. The average Bonchev–Trinajstić information content (AvgIpc) is 2.53. The number of rotatable bonds is 5. The molecule has 3 nitrogen and oxygen atoms in total. The van der Waals surface area contributed by atoms with Gasteiger partial charge in [-0.1, -0.05) is 36.4 Å². The topological polar surface area (TPSA) is 34.1 Å².